The fourth-order valence-corrected chi connectivity index (χ4v) is 3.54. The van der Waals surface area contributed by atoms with Crippen LogP contribution in [0.4, 0.5) is 5.13 Å². The highest BCUT2D eigenvalue weighted by atomic mass is 32.1. The van der Waals surface area contributed by atoms with E-state index in [1.165, 1.54) is 11.3 Å². The molecule has 0 aliphatic rings. The summed E-state index contributed by atoms with van der Waals surface area (Å²) in [6.07, 6.45) is 0. The summed E-state index contributed by atoms with van der Waals surface area (Å²) < 4.78 is 0.998. The number of aromatic nitrogens is 2. The van der Waals surface area contributed by atoms with Crippen LogP contribution < -0.4 is 10.6 Å². The number of H-pyrrole nitrogens is 1. The van der Waals surface area contributed by atoms with Crippen molar-refractivity contribution in [2.24, 2.45) is 0 Å². The molecule has 0 bridgehead atoms. The Bertz CT molecular complexity index is 1050. The predicted octanol–water partition coefficient (Wildman–Crippen LogP) is 3.53. The largest absolute Gasteiger partial charge is 0.351 e. The van der Waals surface area contributed by atoms with Crippen LogP contribution in [-0.4, -0.2) is 27.8 Å². The number of amides is 2. The maximum absolute atomic E-state index is 12.4. The molecule has 2 heterocycles. The molecule has 6 nitrogen and oxygen atoms in total. The van der Waals surface area contributed by atoms with Crippen LogP contribution >= 0.6 is 11.3 Å². The number of hydrogen-bond donors (Lipinski definition) is 3. The molecule has 0 saturated heterocycles. The molecule has 0 radical (unpaired) electrons. The van der Waals surface area contributed by atoms with Crippen molar-refractivity contribution < 1.29 is 9.59 Å². The average Bonchev–Trinajstić information content (AvgIpc) is 3.24. The lowest BCUT2D eigenvalue weighted by Crippen LogP contribution is -2.41. The number of nitrogens with zero attached hydrogens (tertiary/aromatic N) is 1. The van der Waals surface area contributed by atoms with Crippen molar-refractivity contribution in [3.8, 4) is 0 Å². The van der Waals surface area contributed by atoms with Crippen LogP contribution in [0.15, 0.2) is 54.6 Å². The van der Waals surface area contributed by atoms with Gasteiger partial charge >= 0.3 is 0 Å². The number of nitrogens with one attached hydrogen (secondary N) is 3. The number of rotatable bonds is 4. The van der Waals surface area contributed by atoms with Gasteiger partial charge in [0.05, 0.1) is 10.2 Å². The minimum atomic E-state index is -0.694. The van der Waals surface area contributed by atoms with Crippen LogP contribution in [0.3, 0.4) is 0 Å². The molecular formula is C19H16N4O2S. The zero-order chi connectivity index (χ0) is 18.1. The van der Waals surface area contributed by atoms with Crippen molar-refractivity contribution in [3.63, 3.8) is 0 Å². The first kappa shape index (κ1) is 16.3. The van der Waals surface area contributed by atoms with Gasteiger partial charge in [-0.3, -0.25) is 9.59 Å². The molecule has 7 heteroatoms. The normalized spacial score (nSPS) is 12.2. The van der Waals surface area contributed by atoms with Gasteiger partial charge in [0.25, 0.3) is 5.91 Å². The first-order valence-electron chi connectivity index (χ1n) is 8.15. The molecule has 1 atom stereocenters. The number of thiazole rings is 1. The lowest BCUT2D eigenvalue weighted by atomic mass is 10.2. The fraction of sp³-hybridized carbons (Fsp3) is 0.105. The number of hydrogen-bond acceptors (Lipinski definition) is 4. The molecule has 0 aliphatic heterocycles. The van der Waals surface area contributed by atoms with E-state index in [1.807, 2.05) is 48.5 Å². The van der Waals surface area contributed by atoms with Crippen molar-refractivity contribution >= 4 is 49.4 Å². The molecule has 3 N–H and O–H groups in total. The molecule has 2 aromatic heterocycles. The Morgan fingerprint density at radius 2 is 1.88 bits per heavy atom. The van der Waals surface area contributed by atoms with Gasteiger partial charge in [-0.1, -0.05) is 41.7 Å². The SMILES string of the molecule is CC(NC(=O)c1cc2ccccc2[nH]1)C(=O)Nc1nc2ccccc2s1. The van der Waals surface area contributed by atoms with Crippen LogP contribution in [0, 0.1) is 0 Å². The standard InChI is InChI=1S/C19H16N4O2S/c1-11(17(24)23-19-22-14-8-4-5-9-16(14)26-19)20-18(25)15-10-12-6-2-3-7-13(12)21-15/h2-11,21H,1H3,(H,20,25)(H,22,23,24). The zero-order valence-corrected chi connectivity index (χ0v) is 14.8. The van der Waals surface area contributed by atoms with Gasteiger partial charge in [-0.2, -0.15) is 0 Å². The van der Waals surface area contributed by atoms with Crippen LogP contribution in [0.1, 0.15) is 17.4 Å². The van der Waals surface area contributed by atoms with Gasteiger partial charge in [-0.15, -0.1) is 0 Å². The molecule has 0 spiro atoms. The molecule has 26 heavy (non-hydrogen) atoms. The molecule has 2 amide bonds. The van der Waals surface area contributed by atoms with Crippen molar-refractivity contribution in [2.45, 2.75) is 13.0 Å². The Morgan fingerprint density at radius 3 is 2.69 bits per heavy atom. The summed E-state index contributed by atoms with van der Waals surface area (Å²) in [7, 11) is 0. The van der Waals surface area contributed by atoms with Crippen LogP contribution in [-0.2, 0) is 4.79 Å². The van der Waals surface area contributed by atoms with E-state index in [-0.39, 0.29) is 11.8 Å². The zero-order valence-electron chi connectivity index (χ0n) is 13.9. The van der Waals surface area contributed by atoms with E-state index in [2.05, 4.69) is 20.6 Å². The summed E-state index contributed by atoms with van der Waals surface area (Å²) in [5.41, 5.74) is 2.14. The van der Waals surface area contributed by atoms with Gasteiger partial charge in [0.2, 0.25) is 5.91 Å². The second-order valence-electron chi connectivity index (χ2n) is 5.94. The third kappa shape index (κ3) is 3.16. The Kier molecular flexibility index (Phi) is 4.14. The molecule has 0 saturated carbocycles. The molecular weight excluding hydrogens is 348 g/mol. The minimum Gasteiger partial charge on any atom is -0.351 e. The third-order valence-electron chi connectivity index (χ3n) is 4.04. The number of fused-ring (bicyclic) bond motifs is 2. The highest BCUT2D eigenvalue weighted by molar-refractivity contribution is 7.22. The predicted molar refractivity (Wildman–Crippen MR) is 103 cm³/mol. The van der Waals surface area contributed by atoms with Crippen molar-refractivity contribution in [3.05, 3.63) is 60.3 Å². The maximum atomic E-state index is 12.4. The summed E-state index contributed by atoms with van der Waals surface area (Å²) in [5, 5.41) is 6.93. The molecule has 4 aromatic rings. The first-order chi connectivity index (χ1) is 12.6. The van der Waals surface area contributed by atoms with Gasteiger partial charge in [-0.05, 0) is 31.2 Å². The number of benzene rings is 2. The van der Waals surface area contributed by atoms with Gasteiger partial charge in [0.1, 0.15) is 11.7 Å². The summed E-state index contributed by atoms with van der Waals surface area (Å²) >= 11 is 1.40. The average molecular weight is 364 g/mol. The van der Waals surface area contributed by atoms with E-state index >= 15 is 0 Å². The maximum Gasteiger partial charge on any atom is 0.268 e. The quantitative estimate of drug-likeness (QED) is 0.518. The highest BCUT2D eigenvalue weighted by Crippen LogP contribution is 2.25. The van der Waals surface area contributed by atoms with Gasteiger partial charge in [-0.25, -0.2) is 4.98 Å². The number of para-hydroxylation sites is 2. The number of carbonyl (C=O) groups excluding carboxylic acids is 2. The van der Waals surface area contributed by atoms with Gasteiger partial charge in [0, 0.05) is 10.9 Å². The van der Waals surface area contributed by atoms with Gasteiger partial charge < -0.3 is 15.6 Å². The summed E-state index contributed by atoms with van der Waals surface area (Å²) in [6.45, 7) is 1.64. The third-order valence-corrected chi connectivity index (χ3v) is 4.99. The van der Waals surface area contributed by atoms with E-state index < -0.39 is 6.04 Å². The Morgan fingerprint density at radius 1 is 1.12 bits per heavy atom. The Labute approximate surface area is 153 Å². The summed E-state index contributed by atoms with van der Waals surface area (Å²) in [6, 6.07) is 16.4. The van der Waals surface area contributed by atoms with E-state index in [0.717, 1.165) is 21.1 Å². The van der Waals surface area contributed by atoms with E-state index in [0.29, 0.717) is 10.8 Å². The van der Waals surface area contributed by atoms with Crippen molar-refractivity contribution in [2.75, 3.05) is 5.32 Å². The molecule has 0 aliphatic carbocycles. The number of anilines is 1. The van der Waals surface area contributed by atoms with Crippen LogP contribution in [0.2, 0.25) is 0 Å². The van der Waals surface area contributed by atoms with Gasteiger partial charge in [0.15, 0.2) is 5.13 Å². The second-order valence-corrected chi connectivity index (χ2v) is 6.97. The molecule has 4 rings (SSSR count). The van der Waals surface area contributed by atoms with Crippen molar-refractivity contribution in [1.29, 1.82) is 0 Å². The minimum absolute atomic E-state index is 0.312. The topological polar surface area (TPSA) is 86.9 Å². The highest BCUT2D eigenvalue weighted by Gasteiger charge is 2.19. The van der Waals surface area contributed by atoms with Crippen LogP contribution in [0.25, 0.3) is 21.1 Å². The lowest BCUT2D eigenvalue weighted by Gasteiger charge is -2.12. The smallest absolute Gasteiger partial charge is 0.268 e. The molecule has 2 aromatic carbocycles. The molecule has 1 unspecified atom stereocenters. The van der Waals surface area contributed by atoms with E-state index in [9.17, 15) is 9.59 Å². The van der Waals surface area contributed by atoms with E-state index in [1.54, 1.807) is 13.0 Å². The summed E-state index contributed by atoms with van der Waals surface area (Å²) in [4.78, 5) is 32.2. The molecule has 130 valence electrons. The lowest BCUT2D eigenvalue weighted by molar-refractivity contribution is -0.117. The van der Waals surface area contributed by atoms with Crippen molar-refractivity contribution in [1.82, 2.24) is 15.3 Å². The first-order valence-corrected chi connectivity index (χ1v) is 8.97. The fourth-order valence-electron chi connectivity index (χ4n) is 2.67. The van der Waals surface area contributed by atoms with Crippen LogP contribution in [0.5, 0.6) is 0 Å². The summed E-state index contributed by atoms with van der Waals surface area (Å²) in [5.74, 6) is -0.637. The Hall–Kier alpha value is -3.19. The molecule has 0 fully saturated rings. The second kappa shape index (κ2) is 6.61. The number of aromatic amines is 1. The number of carbonyl (C=O) groups is 2. The monoisotopic (exact) mass is 364 g/mol. The Balaban J connectivity index is 1.43. The van der Waals surface area contributed by atoms with E-state index in [4.69, 9.17) is 0 Å².